The topological polar surface area (TPSA) is 101 Å². The van der Waals surface area contributed by atoms with Crippen molar-refractivity contribution in [3.05, 3.63) is 28.5 Å². The average Bonchev–Trinajstić information content (AvgIpc) is 2.38. The van der Waals surface area contributed by atoms with Crippen molar-refractivity contribution in [1.29, 1.82) is 0 Å². The van der Waals surface area contributed by atoms with Crippen LogP contribution in [-0.4, -0.2) is 28.0 Å². The van der Waals surface area contributed by atoms with Gasteiger partial charge in [-0.3, -0.25) is 4.79 Å². The number of nitrogens with two attached hydrogens (primary N) is 1. The van der Waals surface area contributed by atoms with E-state index in [2.05, 4.69) is 31.4 Å². The molecular weight excluding hydrogens is 300 g/mol. The van der Waals surface area contributed by atoms with E-state index in [1.54, 1.807) is 12.1 Å². The molecule has 0 aromatic carbocycles. The Kier molecular flexibility index (Phi) is 5.57. The van der Waals surface area contributed by atoms with Gasteiger partial charge in [-0.15, -0.1) is 0 Å². The Hall–Kier alpha value is -1.63. The quantitative estimate of drug-likeness (QED) is 0.332. The first-order chi connectivity index (χ1) is 8.58. The summed E-state index contributed by atoms with van der Waals surface area (Å²) < 4.78 is 0.792. The number of rotatable bonds is 5. The number of hydrogen-bond donors (Lipinski definition) is 3. The monoisotopic (exact) mass is 314 g/mol. The van der Waals surface area contributed by atoms with Crippen LogP contribution in [0.5, 0.6) is 0 Å². The Morgan fingerprint density at radius 1 is 1.67 bits per heavy atom. The Morgan fingerprint density at radius 3 is 2.89 bits per heavy atom. The van der Waals surface area contributed by atoms with Crippen LogP contribution in [0.15, 0.2) is 28.0 Å². The van der Waals surface area contributed by atoms with Crippen molar-refractivity contribution in [2.75, 3.05) is 0 Å². The van der Waals surface area contributed by atoms with E-state index in [4.69, 9.17) is 10.9 Å². The zero-order valence-electron chi connectivity index (χ0n) is 9.93. The van der Waals surface area contributed by atoms with Crippen molar-refractivity contribution in [3.8, 4) is 0 Å². The van der Waals surface area contributed by atoms with Gasteiger partial charge in [0, 0.05) is 10.7 Å². The molecule has 1 heterocycles. The van der Waals surface area contributed by atoms with Crippen molar-refractivity contribution < 1.29 is 10.0 Å². The van der Waals surface area contributed by atoms with Crippen LogP contribution in [-0.2, 0) is 0 Å². The van der Waals surface area contributed by atoms with Crippen LogP contribution in [0, 0.1) is 0 Å². The van der Waals surface area contributed by atoms with Crippen LogP contribution in [0.4, 0.5) is 0 Å². The number of aromatic nitrogens is 1. The Balaban J connectivity index is 2.75. The largest absolute Gasteiger partial charge is 0.409 e. The zero-order chi connectivity index (χ0) is 13.5. The van der Waals surface area contributed by atoms with Gasteiger partial charge in [-0.25, -0.2) is 4.98 Å². The lowest BCUT2D eigenvalue weighted by Gasteiger charge is -2.16. The molecule has 0 bridgehead atoms. The first kappa shape index (κ1) is 14.4. The second kappa shape index (κ2) is 6.95. The van der Waals surface area contributed by atoms with Crippen molar-refractivity contribution in [2.45, 2.75) is 25.8 Å². The Bertz CT molecular complexity index is 433. The van der Waals surface area contributed by atoms with E-state index in [0.29, 0.717) is 6.42 Å². The normalized spacial score (nSPS) is 13.1. The number of carbonyl (C=O) groups is 1. The highest BCUT2D eigenvalue weighted by Gasteiger charge is 2.17. The molecule has 7 heteroatoms. The van der Waals surface area contributed by atoms with E-state index in [1.165, 1.54) is 6.20 Å². The van der Waals surface area contributed by atoms with Crippen LogP contribution >= 0.6 is 15.9 Å². The Morgan fingerprint density at radius 2 is 2.39 bits per heavy atom. The summed E-state index contributed by atoms with van der Waals surface area (Å²) in [5, 5.41) is 14.2. The number of carbonyl (C=O) groups excluding carboxylic acids is 1. The molecule has 6 nitrogen and oxygen atoms in total. The van der Waals surface area contributed by atoms with Gasteiger partial charge in [0.2, 0.25) is 0 Å². The van der Waals surface area contributed by atoms with Crippen LogP contribution < -0.4 is 11.1 Å². The molecular formula is C11H15BrN4O2. The summed E-state index contributed by atoms with van der Waals surface area (Å²) >= 11 is 3.24. The summed E-state index contributed by atoms with van der Waals surface area (Å²) in [5.41, 5.74) is 5.79. The standard InChI is InChI=1S/C11H15BrN4O2/c1-2-3-8(10(13)16-18)15-11(17)9-5-4-7(12)6-14-9/h4-6,8,18H,2-3H2,1H3,(H2,13,16)(H,15,17). The predicted octanol–water partition coefficient (Wildman–Crippen LogP) is 1.49. The van der Waals surface area contributed by atoms with Crippen molar-refractivity contribution >= 4 is 27.7 Å². The number of nitrogens with one attached hydrogen (secondary N) is 1. The molecule has 0 saturated carbocycles. The number of amides is 1. The minimum absolute atomic E-state index is 0.0117. The number of pyridine rings is 1. The van der Waals surface area contributed by atoms with Crippen molar-refractivity contribution in [2.24, 2.45) is 10.9 Å². The minimum atomic E-state index is -0.488. The fourth-order valence-electron chi connectivity index (χ4n) is 1.39. The number of amidine groups is 1. The van der Waals surface area contributed by atoms with E-state index >= 15 is 0 Å². The average molecular weight is 315 g/mol. The molecule has 4 N–H and O–H groups in total. The molecule has 1 amide bonds. The smallest absolute Gasteiger partial charge is 0.270 e. The maximum Gasteiger partial charge on any atom is 0.270 e. The third-order valence-electron chi connectivity index (χ3n) is 2.32. The molecule has 1 rings (SSSR count). The van der Waals surface area contributed by atoms with Crippen molar-refractivity contribution in [1.82, 2.24) is 10.3 Å². The molecule has 18 heavy (non-hydrogen) atoms. The highest BCUT2D eigenvalue weighted by Crippen LogP contribution is 2.08. The van der Waals surface area contributed by atoms with Gasteiger partial charge in [-0.2, -0.15) is 0 Å². The van der Waals surface area contributed by atoms with E-state index < -0.39 is 6.04 Å². The molecule has 1 unspecified atom stereocenters. The fraction of sp³-hybridized carbons (Fsp3) is 0.364. The van der Waals surface area contributed by atoms with Gasteiger partial charge in [0.15, 0.2) is 5.84 Å². The maximum absolute atomic E-state index is 11.9. The van der Waals surface area contributed by atoms with Gasteiger partial charge < -0.3 is 16.3 Å². The number of nitrogens with zero attached hydrogens (tertiary/aromatic N) is 2. The van der Waals surface area contributed by atoms with Crippen LogP contribution in [0.1, 0.15) is 30.3 Å². The first-order valence-electron chi connectivity index (χ1n) is 5.48. The van der Waals surface area contributed by atoms with Gasteiger partial charge in [0.1, 0.15) is 5.69 Å². The minimum Gasteiger partial charge on any atom is -0.409 e. The highest BCUT2D eigenvalue weighted by atomic mass is 79.9. The molecule has 1 aromatic heterocycles. The van der Waals surface area contributed by atoms with Gasteiger partial charge in [0.05, 0.1) is 6.04 Å². The molecule has 0 spiro atoms. The van der Waals surface area contributed by atoms with Gasteiger partial charge in [-0.1, -0.05) is 18.5 Å². The summed E-state index contributed by atoms with van der Waals surface area (Å²) in [6.45, 7) is 1.95. The predicted molar refractivity (Wildman–Crippen MR) is 71.5 cm³/mol. The van der Waals surface area contributed by atoms with E-state index in [0.717, 1.165) is 10.9 Å². The molecule has 98 valence electrons. The van der Waals surface area contributed by atoms with Gasteiger partial charge in [-0.05, 0) is 34.5 Å². The summed E-state index contributed by atoms with van der Waals surface area (Å²) in [6.07, 6.45) is 2.93. The van der Waals surface area contributed by atoms with Crippen LogP contribution in [0.3, 0.4) is 0 Å². The molecule has 0 radical (unpaired) electrons. The Labute approximate surface area is 113 Å². The SMILES string of the molecule is CCCC(NC(=O)c1ccc(Br)cn1)C(N)=NO. The lowest BCUT2D eigenvalue weighted by molar-refractivity contribution is 0.0940. The lowest BCUT2D eigenvalue weighted by Crippen LogP contribution is -2.44. The molecule has 0 aliphatic carbocycles. The summed E-state index contributed by atoms with van der Waals surface area (Å²) in [4.78, 5) is 15.9. The van der Waals surface area contributed by atoms with E-state index in [1.807, 2.05) is 6.92 Å². The molecule has 1 aromatic rings. The van der Waals surface area contributed by atoms with Crippen LogP contribution in [0.25, 0.3) is 0 Å². The van der Waals surface area contributed by atoms with Gasteiger partial charge >= 0.3 is 0 Å². The second-order valence-electron chi connectivity index (χ2n) is 3.70. The number of halogens is 1. The third kappa shape index (κ3) is 3.99. The first-order valence-corrected chi connectivity index (χ1v) is 6.27. The molecule has 0 saturated heterocycles. The lowest BCUT2D eigenvalue weighted by atomic mass is 10.1. The number of oxime groups is 1. The van der Waals surface area contributed by atoms with Crippen LogP contribution in [0.2, 0.25) is 0 Å². The maximum atomic E-state index is 11.9. The molecule has 0 aliphatic rings. The zero-order valence-corrected chi connectivity index (χ0v) is 11.5. The van der Waals surface area contributed by atoms with E-state index in [-0.39, 0.29) is 17.4 Å². The number of hydrogen-bond acceptors (Lipinski definition) is 4. The third-order valence-corrected chi connectivity index (χ3v) is 2.78. The molecule has 0 aliphatic heterocycles. The van der Waals surface area contributed by atoms with Gasteiger partial charge in [0.25, 0.3) is 5.91 Å². The second-order valence-corrected chi connectivity index (χ2v) is 4.62. The molecule has 0 fully saturated rings. The highest BCUT2D eigenvalue weighted by molar-refractivity contribution is 9.10. The summed E-state index contributed by atoms with van der Waals surface area (Å²) in [5.74, 6) is -0.366. The van der Waals surface area contributed by atoms with E-state index in [9.17, 15) is 4.79 Å². The summed E-state index contributed by atoms with van der Waals surface area (Å²) in [7, 11) is 0. The summed E-state index contributed by atoms with van der Waals surface area (Å²) in [6, 6.07) is 2.83. The molecule has 1 atom stereocenters. The fourth-order valence-corrected chi connectivity index (χ4v) is 1.63. The van der Waals surface area contributed by atoms with Crippen molar-refractivity contribution in [3.63, 3.8) is 0 Å².